The van der Waals surface area contributed by atoms with Gasteiger partial charge in [0.1, 0.15) is 0 Å². The quantitative estimate of drug-likeness (QED) is 0.391. The van der Waals surface area contributed by atoms with Crippen LogP contribution in [0.15, 0.2) is 60.7 Å². The predicted octanol–water partition coefficient (Wildman–Crippen LogP) is 5.40. The summed E-state index contributed by atoms with van der Waals surface area (Å²) in [4.78, 5) is 30.0. The summed E-state index contributed by atoms with van der Waals surface area (Å²) in [5.41, 5.74) is 4.11. The Kier molecular flexibility index (Phi) is 5.79. The van der Waals surface area contributed by atoms with E-state index in [1.54, 1.807) is 0 Å². The summed E-state index contributed by atoms with van der Waals surface area (Å²) >= 11 is 0. The van der Waals surface area contributed by atoms with Crippen LogP contribution in [0, 0.1) is 6.92 Å². The largest absolute Gasteiger partial charge is 0.303 e. The van der Waals surface area contributed by atoms with Gasteiger partial charge in [0.2, 0.25) is 0 Å². The molecular formula is C28H30N2O2. The molecule has 164 valence electrons. The van der Waals surface area contributed by atoms with Crippen molar-refractivity contribution in [1.82, 2.24) is 9.80 Å². The van der Waals surface area contributed by atoms with Gasteiger partial charge < -0.3 is 4.90 Å². The minimum absolute atomic E-state index is 0.154. The highest BCUT2D eigenvalue weighted by molar-refractivity contribution is 6.25. The molecule has 0 bridgehead atoms. The lowest BCUT2D eigenvalue weighted by Crippen LogP contribution is -2.41. The molecule has 0 spiro atoms. The molecule has 0 aliphatic carbocycles. The molecule has 2 amide bonds. The molecule has 1 fully saturated rings. The Bertz CT molecular complexity index is 1110. The lowest BCUT2D eigenvalue weighted by atomic mass is 9.88. The number of likely N-dealkylation sites (tertiary alicyclic amines) is 1. The van der Waals surface area contributed by atoms with Crippen LogP contribution >= 0.6 is 0 Å². The molecule has 4 nitrogen and oxygen atoms in total. The fourth-order valence-electron chi connectivity index (χ4n) is 5.30. The topological polar surface area (TPSA) is 40.6 Å². The van der Waals surface area contributed by atoms with Gasteiger partial charge in [0.25, 0.3) is 11.8 Å². The van der Waals surface area contributed by atoms with Crippen molar-refractivity contribution >= 4 is 22.6 Å². The van der Waals surface area contributed by atoms with Gasteiger partial charge in [-0.25, -0.2) is 0 Å². The number of rotatable bonds is 6. The van der Waals surface area contributed by atoms with E-state index in [0.29, 0.717) is 23.6 Å². The van der Waals surface area contributed by atoms with Crippen LogP contribution in [0.3, 0.4) is 0 Å². The number of hydrogen-bond donors (Lipinski definition) is 0. The smallest absolute Gasteiger partial charge is 0.261 e. The Hall–Kier alpha value is -2.98. The lowest BCUT2D eigenvalue weighted by Gasteiger charge is -2.32. The van der Waals surface area contributed by atoms with Gasteiger partial charge in [-0.3, -0.25) is 14.5 Å². The first-order valence-corrected chi connectivity index (χ1v) is 11.8. The molecule has 5 rings (SSSR count). The third-order valence-electron chi connectivity index (χ3n) is 7.06. The summed E-state index contributed by atoms with van der Waals surface area (Å²) in [6, 6.07) is 20.3. The summed E-state index contributed by atoms with van der Waals surface area (Å²) in [5.74, 6) is 0.356. The Balaban J connectivity index is 1.13. The number of carbonyl (C=O) groups is 2. The number of aryl methyl sites for hydroxylation is 1. The maximum Gasteiger partial charge on any atom is 0.261 e. The lowest BCUT2D eigenvalue weighted by molar-refractivity contribution is 0.0606. The minimum atomic E-state index is -0.154. The average molecular weight is 427 g/mol. The van der Waals surface area contributed by atoms with E-state index < -0.39 is 0 Å². The van der Waals surface area contributed by atoms with Crippen LogP contribution in [0.1, 0.15) is 63.4 Å². The second kappa shape index (κ2) is 8.87. The van der Waals surface area contributed by atoms with Crippen molar-refractivity contribution in [2.24, 2.45) is 0 Å². The van der Waals surface area contributed by atoms with E-state index in [1.165, 1.54) is 28.9 Å². The molecule has 0 radical (unpaired) electrons. The van der Waals surface area contributed by atoms with E-state index >= 15 is 0 Å². The number of piperidine rings is 1. The first kappa shape index (κ1) is 20.9. The zero-order valence-electron chi connectivity index (χ0n) is 18.7. The van der Waals surface area contributed by atoms with Crippen LogP contribution in [-0.4, -0.2) is 47.8 Å². The zero-order valence-corrected chi connectivity index (χ0v) is 18.7. The Morgan fingerprint density at radius 3 is 2.09 bits per heavy atom. The maximum atomic E-state index is 13.0. The fraction of sp³-hybridized carbons (Fsp3) is 0.357. The molecule has 3 aromatic rings. The van der Waals surface area contributed by atoms with Gasteiger partial charge in [0.05, 0.1) is 0 Å². The zero-order chi connectivity index (χ0) is 22.1. The van der Waals surface area contributed by atoms with Crippen molar-refractivity contribution < 1.29 is 9.59 Å². The SMILES string of the molecule is Cc1cccc(C2CCN(CCCCN3C(=O)c4cccc5cccc(c45)C3=O)CC2)c1. The third-order valence-corrected chi connectivity index (χ3v) is 7.06. The van der Waals surface area contributed by atoms with E-state index in [1.807, 2.05) is 36.4 Å². The summed E-state index contributed by atoms with van der Waals surface area (Å²) in [5, 5.41) is 1.76. The molecule has 0 saturated carbocycles. The van der Waals surface area contributed by atoms with Crippen molar-refractivity contribution in [1.29, 1.82) is 0 Å². The maximum absolute atomic E-state index is 13.0. The van der Waals surface area contributed by atoms with Gasteiger partial charge in [-0.1, -0.05) is 54.1 Å². The highest BCUT2D eigenvalue weighted by atomic mass is 16.2. The number of benzene rings is 3. The van der Waals surface area contributed by atoms with Crippen LogP contribution in [0.2, 0.25) is 0 Å². The standard InChI is InChI=1S/C28H30N2O2/c1-20-7-4-10-23(19-20)21-13-17-29(18-14-21)15-2-3-16-30-27(31)24-11-5-8-22-9-6-12-25(26(22)24)28(30)32/h4-12,19,21H,2-3,13-18H2,1H3. The summed E-state index contributed by atoms with van der Waals surface area (Å²) in [7, 11) is 0. The van der Waals surface area contributed by atoms with Gasteiger partial charge in [-0.15, -0.1) is 0 Å². The Morgan fingerprint density at radius 2 is 1.44 bits per heavy atom. The van der Waals surface area contributed by atoms with E-state index in [4.69, 9.17) is 0 Å². The summed E-state index contributed by atoms with van der Waals surface area (Å²) in [6.07, 6.45) is 4.24. The van der Waals surface area contributed by atoms with Crippen molar-refractivity contribution in [2.75, 3.05) is 26.2 Å². The number of hydrogen-bond acceptors (Lipinski definition) is 3. The minimum Gasteiger partial charge on any atom is -0.303 e. The van der Waals surface area contributed by atoms with E-state index in [9.17, 15) is 9.59 Å². The number of imide groups is 1. The van der Waals surface area contributed by atoms with Crippen LogP contribution < -0.4 is 0 Å². The van der Waals surface area contributed by atoms with E-state index in [2.05, 4.69) is 36.1 Å². The second-order valence-electron chi connectivity index (χ2n) is 9.21. The number of carbonyl (C=O) groups excluding carboxylic acids is 2. The van der Waals surface area contributed by atoms with Gasteiger partial charge in [-0.2, -0.15) is 0 Å². The normalized spacial score (nSPS) is 17.3. The molecule has 2 aliphatic heterocycles. The van der Waals surface area contributed by atoms with E-state index in [-0.39, 0.29) is 11.8 Å². The first-order chi connectivity index (χ1) is 15.6. The molecule has 0 unspecified atom stereocenters. The van der Waals surface area contributed by atoms with E-state index in [0.717, 1.165) is 43.2 Å². The Labute approximate surface area is 189 Å². The van der Waals surface area contributed by atoms with Gasteiger partial charge >= 0.3 is 0 Å². The van der Waals surface area contributed by atoms with Crippen molar-refractivity contribution in [3.63, 3.8) is 0 Å². The number of unbranched alkanes of at least 4 members (excludes halogenated alkanes) is 1. The molecule has 4 heteroatoms. The number of nitrogens with zero attached hydrogens (tertiary/aromatic N) is 2. The molecular weight excluding hydrogens is 396 g/mol. The molecule has 2 heterocycles. The molecule has 32 heavy (non-hydrogen) atoms. The molecule has 3 aromatic carbocycles. The Morgan fingerprint density at radius 1 is 0.812 bits per heavy atom. The summed E-state index contributed by atoms with van der Waals surface area (Å²) in [6.45, 7) is 5.92. The monoisotopic (exact) mass is 426 g/mol. The van der Waals surface area contributed by atoms with Gasteiger partial charge in [0.15, 0.2) is 0 Å². The molecule has 1 saturated heterocycles. The molecule has 0 atom stereocenters. The third kappa shape index (κ3) is 3.95. The second-order valence-corrected chi connectivity index (χ2v) is 9.21. The molecule has 0 aromatic heterocycles. The molecule has 2 aliphatic rings. The van der Waals surface area contributed by atoms with Gasteiger partial charge in [-0.05, 0) is 81.2 Å². The highest BCUT2D eigenvalue weighted by Gasteiger charge is 2.32. The number of amides is 2. The van der Waals surface area contributed by atoms with Crippen molar-refractivity contribution in [2.45, 2.75) is 38.5 Å². The summed E-state index contributed by atoms with van der Waals surface area (Å²) < 4.78 is 0. The predicted molar refractivity (Wildman–Crippen MR) is 128 cm³/mol. The van der Waals surface area contributed by atoms with Crippen molar-refractivity contribution in [3.05, 3.63) is 82.9 Å². The first-order valence-electron chi connectivity index (χ1n) is 11.8. The fourth-order valence-corrected chi connectivity index (χ4v) is 5.30. The van der Waals surface area contributed by atoms with Gasteiger partial charge in [0, 0.05) is 23.1 Å². The highest BCUT2D eigenvalue weighted by Crippen LogP contribution is 2.31. The van der Waals surface area contributed by atoms with Crippen LogP contribution in [0.4, 0.5) is 0 Å². The van der Waals surface area contributed by atoms with Crippen LogP contribution in [-0.2, 0) is 0 Å². The van der Waals surface area contributed by atoms with Crippen LogP contribution in [0.5, 0.6) is 0 Å². The molecule has 0 N–H and O–H groups in total. The van der Waals surface area contributed by atoms with Crippen molar-refractivity contribution in [3.8, 4) is 0 Å². The average Bonchev–Trinajstić information content (AvgIpc) is 2.82. The van der Waals surface area contributed by atoms with Crippen LogP contribution in [0.25, 0.3) is 10.8 Å².